The molecule has 1 N–H and O–H groups in total. The van der Waals surface area contributed by atoms with Gasteiger partial charge >= 0.3 is 0 Å². The molecule has 1 fully saturated rings. The molecular weight excluding hydrogens is 318 g/mol. The topological polar surface area (TPSA) is 45.2 Å². The molecule has 0 unspecified atom stereocenters. The van der Waals surface area contributed by atoms with Crippen molar-refractivity contribution in [1.82, 2.24) is 15.2 Å². The molecule has 1 amide bonds. The van der Waals surface area contributed by atoms with Crippen molar-refractivity contribution in [3.8, 4) is 0 Å². The van der Waals surface area contributed by atoms with Gasteiger partial charge in [0.25, 0.3) is 0 Å². The first-order valence-corrected chi connectivity index (χ1v) is 9.32. The molecule has 24 heavy (non-hydrogen) atoms. The van der Waals surface area contributed by atoms with E-state index >= 15 is 0 Å². The number of hydrogen-bond acceptors (Lipinski definition) is 4. The van der Waals surface area contributed by atoms with Gasteiger partial charge in [0.15, 0.2) is 0 Å². The summed E-state index contributed by atoms with van der Waals surface area (Å²) in [5.41, 5.74) is 3.95. The second-order valence-corrected chi connectivity index (χ2v) is 6.87. The third-order valence-electron chi connectivity index (χ3n) is 4.56. The number of amides is 1. The summed E-state index contributed by atoms with van der Waals surface area (Å²) in [6.45, 7) is 4.28. The lowest BCUT2D eigenvalue weighted by atomic mass is 10.00. The molecular formula is C19H23N3OS. The van der Waals surface area contributed by atoms with Crippen LogP contribution in [0, 0.1) is 0 Å². The van der Waals surface area contributed by atoms with E-state index in [1.54, 1.807) is 17.7 Å². The average molecular weight is 341 g/mol. The van der Waals surface area contributed by atoms with E-state index < -0.39 is 0 Å². The summed E-state index contributed by atoms with van der Waals surface area (Å²) in [4.78, 5) is 18.6. The van der Waals surface area contributed by atoms with E-state index in [1.165, 1.54) is 16.9 Å². The van der Waals surface area contributed by atoms with Gasteiger partial charge in [-0.3, -0.25) is 9.69 Å². The second-order valence-electron chi connectivity index (χ2n) is 6.15. The van der Waals surface area contributed by atoms with Gasteiger partial charge in [0.05, 0.1) is 11.2 Å². The second kappa shape index (κ2) is 8.22. The molecule has 1 aromatic carbocycles. The highest BCUT2D eigenvalue weighted by Crippen LogP contribution is 2.23. The number of thiazole rings is 1. The van der Waals surface area contributed by atoms with Crippen LogP contribution in [0.5, 0.6) is 0 Å². The molecule has 1 aromatic heterocycles. The molecule has 1 saturated heterocycles. The summed E-state index contributed by atoms with van der Waals surface area (Å²) >= 11 is 1.53. The largest absolute Gasteiger partial charge is 0.350 e. The lowest BCUT2D eigenvalue weighted by molar-refractivity contribution is -0.117. The van der Waals surface area contributed by atoms with Crippen molar-refractivity contribution in [2.45, 2.75) is 31.8 Å². The molecule has 0 bridgehead atoms. The minimum atomic E-state index is -0.0300. The number of likely N-dealkylation sites (tertiary alicyclic amines) is 1. The van der Waals surface area contributed by atoms with Gasteiger partial charge in [0.2, 0.25) is 5.91 Å². The maximum Gasteiger partial charge on any atom is 0.244 e. The first kappa shape index (κ1) is 16.9. The first-order valence-electron chi connectivity index (χ1n) is 8.38. The molecule has 2 heterocycles. The maximum absolute atomic E-state index is 12.0. The molecule has 4 nitrogen and oxygen atoms in total. The highest BCUT2D eigenvalue weighted by atomic mass is 32.1. The Bertz CT molecular complexity index is 661. The zero-order valence-corrected chi connectivity index (χ0v) is 14.7. The third kappa shape index (κ3) is 4.52. The van der Waals surface area contributed by atoms with Crippen LogP contribution in [0.25, 0.3) is 6.08 Å². The normalized spacial score (nSPS) is 17.9. The zero-order chi connectivity index (χ0) is 16.8. The summed E-state index contributed by atoms with van der Waals surface area (Å²) in [6.07, 6.45) is 5.33. The highest BCUT2D eigenvalue weighted by Gasteiger charge is 2.23. The molecule has 0 saturated carbocycles. The van der Waals surface area contributed by atoms with Crippen LogP contribution in [0.4, 0.5) is 0 Å². The molecule has 0 aliphatic carbocycles. The van der Waals surface area contributed by atoms with Crippen molar-refractivity contribution >= 4 is 23.3 Å². The average Bonchev–Trinajstić information content (AvgIpc) is 3.14. The molecule has 0 spiro atoms. The monoisotopic (exact) mass is 341 g/mol. The van der Waals surface area contributed by atoms with Crippen LogP contribution in [0.2, 0.25) is 0 Å². The van der Waals surface area contributed by atoms with Crippen LogP contribution in [-0.4, -0.2) is 34.9 Å². The lowest BCUT2D eigenvalue weighted by Crippen LogP contribution is -2.44. The van der Waals surface area contributed by atoms with Crippen LogP contribution in [0.3, 0.4) is 0 Å². The molecule has 0 radical (unpaired) electrons. The Labute approximate surface area is 147 Å². The summed E-state index contributed by atoms with van der Waals surface area (Å²) in [5.74, 6) is -0.0300. The third-order valence-corrected chi connectivity index (χ3v) is 5.17. The van der Waals surface area contributed by atoms with Crippen molar-refractivity contribution in [2.75, 3.05) is 13.1 Å². The van der Waals surface area contributed by atoms with Crippen LogP contribution in [0.1, 0.15) is 37.1 Å². The lowest BCUT2D eigenvalue weighted by Gasteiger charge is -2.36. The summed E-state index contributed by atoms with van der Waals surface area (Å²) < 4.78 is 0. The Hall–Kier alpha value is -1.98. The number of carbonyl (C=O) groups excluding carboxylic acids is 1. The fraction of sp³-hybridized carbons (Fsp3) is 0.368. The van der Waals surface area contributed by atoms with E-state index in [2.05, 4.69) is 52.5 Å². The predicted molar refractivity (Wildman–Crippen MR) is 98.7 cm³/mol. The predicted octanol–water partition coefficient (Wildman–Crippen LogP) is 3.50. The Kier molecular flexibility index (Phi) is 5.77. The molecule has 126 valence electrons. The van der Waals surface area contributed by atoms with Gasteiger partial charge in [-0.1, -0.05) is 30.3 Å². The number of nitrogens with zero attached hydrogens (tertiary/aromatic N) is 2. The number of aromatic nitrogens is 1. The van der Waals surface area contributed by atoms with Crippen LogP contribution >= 0.6 is 11.3 Å². The summed E-state index contributed by atoms with van der Waals surface area (Å²) in [5, 5.41) is 5.03. The molecule has 1 aliphatic rings. The Morgan fingerprint density at radius 3 is 2.75 bits per heavy atom. The standard InChI is InChI=1S/C19H23N3OS/c1-15(16-5-3-2-4-6-16)22-11-9-17(10-12-22)21-19(23)8-7-18-13-24-14-20-18/h2-8,13-15,17H,9-12H2,1H3,(H,21,23)/b8-7+/t15-/m0/s1. The van der Waals surface area contributed by atoms with Gasteiger partial charge in [-0.15, -0.1) is 11.3 Å². The van der Waals surface area contributed by atoms with Crippen LogP contribution in [-0.2, 0) is 4.79 Å². The smallest absolute Gasteiger partial charge is 0.244 e. The Morgan fingerprint density at radius 1 is 1.33 bits per heavy atom. The van der Waals surface area contributed by atoms with Gasteiger partial charge < -0.3 is 5.32 Å². The van der Waals surface area contributed by atoms with Crippen LogP contribution < -0.4 is 5.32 Å². The van der Waals surface area contributed by atoms with E-state index in [9.17, 15) is 4.79 Å². The molecule has 1 aliphatic heterocycles. The van der Waals surface area contributed by atoms with Crippen molar-refractivity contribution in [3.05, 3.63) is 58.6 Å². The fourth-order valence-corrected chi connectivity index (χ4v) is 3.61. The fourth-order valence-electron chi connectivity index (χ4n) is 3.09. The van der Waals surface area contributed by atoms with E-state index in [0.29, 0.717) is 6.04 Å². The van der Waals surface area contributed by atoms with E-state index in [0.717, 1.165) is 31.6 Å². The minimum Gasteiger partial charge on any atom is -0.350 e. The highest BCUT2D eigenvalue weighted by molar-refractivity contribution is 7.07. The van der Waals surface area contributed by atoms with Gasteiger partial charge in [-0.05, 0) is 31.4 Å². The quantitative estimate of drug-likeness (QED) is 0.847. The number of piperidine rings is 1. The Morgan fingerprint density at radius 2 is 2.08 bits per heavy atom. The number of carbonyl (C=O) groups is 1. The van der Waals surface area contributed by atoms with E-state index in [1.807, 2.05) is 5.38 Å². The van der Waals surface area contributed by atoms with Gasteiger partial charge in [0, 0.05) is 36.6 Å². The molecule has 3 rings (SSSR count). The zero-order valence-electron chi connectivity index (χ0n) is 13.9. The number of hydrogen-bond donors (Lipinski definition) is 1. The summed E-state index contributed by atoms with van der Waals surface area (Å²) in [6, 6.07) is 11.3. The molecule has 2 aromatic rings. The van der Waals surface area contributed by atoms with Crippen molar-refractivity contribution in [3.63, 3.8) is 0 Å². The summed E-state index contributed by atoms with van der Waals surface area (Å²) in [7, 11) is 0. The maximum atomic E-state index is 12.0. The molecule has 1 atom stereocenters. The minimum absolute atomic E-state index is 0.0300. The number of nitrogens with one attached hydrogen (secondary N) is 1. The van der Waals surface area contributed by atoms with Crippen molar-refractivity contribution in [1.29, 1.82) is 0 Å². The Balaban J connectivity index is 1.46. The number of benzene rings is 1. The van der Waals surface area contributed by atoms with Gasteiger partial charge in [0.1, 0.15) is 0 Å². The van der Waals surface area contributed by atoms with Gasteiger partial charge in [-0.25, -0.2) is 4.98 Å². The van der Waals surface area contributed by atoms with Crippen LogP contribution in [0.15, 0.2) is 47.3 Å². The first-order chi connectivity index (χ1) is 11.7. The van der Waals surface area contributed by atoms with E-state index in [-0.39, 0.29) is 11.9 Å². The number of rotatable bonds is 5. The van der Waals surface area contributed by atoms with Crippen molar-refractivity contribution in [2.24, 2.45) is 0 Å². The molecule has 5 heteroatoms. The van der Waals surface area contributed by atoms with E-state index in [4.69, 9.17) is 0 Å². The SMILES string of the molecule is C[C@@H](c1ccccc1)N1CCC(NC(=O)/C=C/c2cscn2)CC1. The van der Waals surface area contributed by atoms with Gasteiger partial charge in [-0.2, -0.15) is 0 Å². The van der Waals surface area contributed by atoms with Crippen molar-refractivity contribution < 1.29 is 4.79 Å².